The molecule has 0 heterocycles. The van der Waals surface area contributed by atoms with Gasteiger partial charge in [0, 0.05) is 17.8 Å². The predicted octanol–water partition coefficient (Wildman–Crippen LogP) is 3.59. The first-order valence-corrected chi connectivity index (χ1v) is 11.1. The van der Waals surface area contributed by atoms with Gasteiger partial charge in [0.2, 0.25) is 15.9 Å². The van der Waals surface area contributed by atoms with Gasteiger partial charge in [-0.1, -0.05) is 19.1 Å². The monoisotopic (exact) mass is 430 g/mol. The molecule has 0 aliphatic heterocycles. The Balaban J connectivity index is 1.95. The molecule has 2 rings (SSSR count). The summed E-state index contributed by atoms with van der Waals surface area (Å²) in [5.41, 5.74) is 1.64. The normalized spacial score (nSPS) is 11.6. The van der Waals surface area contributed by atoms with Crippen LogP contribution in [0.25, 0.3) is 6.08 Å². The van der Waals surface area contributed by atoms with Crippen LogP contribution >= 0.6 is 0 Å². The minimum Gasteiger partial charge on any atom is -0.462 e. The highest BCUT2D eigenvalue weighted by Gasteiger charge is 2.14. The second-order valence-electron chi connectivity index (χ2n) is 6.88. The van der Waals surface area contributed by atoms with Crippen LogP contribution in [-0.2, 0) is 19.6 Å². The molecule has 0 aromatic heterocycles. The summed E-state index contributed by atoms with van der Waals surface area (Å²) in [6.45, 7) is 5.78. The van der Waals surface area contributed by atoms with Gasteiger partial charge in [0.05, 0.1) is 17.1 Å². The van der Waals surface area contributed by atoms with E-state index in [9.17, 15) is 18.0 Å². The van der Waals surface area contributed by atoms with E-state index in [0.29, 0.717) is 23.4 Å². The summed E-state index contributed by atoms with van der Waals surface area (Å²) in [4.78, 5) is 24.0. The third-order valence-corrected chi connectivity index (χ3v) is 5.51. The quantitative estimate of drug-likeness (QED) is 0.468. The number of hydrogen-bond acceptors (Lipinski definition) is 5. The second kappa shape index (κ2) is 10.7. The van der Waals surface area contributed by atoms with E-state index in [-0.39, 0.29) is 16.8 Å². The molecular weight excluding hydrogens is 404 g/mol. The summed E-state index contributed by atoms with van der Waals surface area (Å²) in [7, 11) is -3.55. The highest BCUT2D eigenvalue weighted by molar-refractivity contribution is 7.89. The van der Waals surface area contributed by atoms with Crippen LogP contribution in [0.5, 0.6) is 0 Å². The Hall–Kier alpha value is -2.97. The Kier molecular flexibility index (Phi) is 8.32. The molecule has 0 aliphatic rings. The molecule has 0 atom stereocenters. The molecule has 0 bridgehead atoms. The average molecular weight is 431 g/mol. The van der Waals surface area contributed by atoms with E-state index in [1.54, 1.807) is 56.3 Å². The van der Waals surface area contributed by atoms with Crippen molar-refractivity contribution in [2.45, 2.75) is 38.1 Å². The Morgan fingerprint density at radius 2 is 1.67 bits per heavy atom. The third-order valence-electron chi connectivity index (χ3n) is 3.83. The lowest BCUT2D eigenvalue weighted by Gasteiger charge is -2.09. The Bertz CT molecular complexity index is 995. The number of carbonyl (C=O) groups excluding carboxylic acids is 2. The Labute approximate surface area is 177 Å². The molecule has 1 amide bonds. The van der Waals surface area contributed by atoms with Crippen LogP contribution in [0.4, 0.5) is 5.69 Å². The van der Waals surface area contributed by atoms with Gasteiger partial charge < -0.3 is 10.1 Å². The lowest BCUT2D eigenvalue weighted by molar-refractivity contribution is -0.111. The molecule has 0 saturated carbocycles. The summed E-state index contributed by atoms with van der Waals surface area (Å²) in [5, 5.41) is 2.69. The molecule has 0 fully saturated rings. The van der Waals surface area contributed by atoms with Crippen molar-refractivity contribution in [3.8, 4) is 0 Å². The SMILES string of the molecule is CCCOC(=O)c1ccc(NC(=O)/C=C/c2ccc(S(=O)(=O)NC(C)C)cc2)cc1. The molecule has 0 saturated heterocycles. The van der Waals surface area contributed by atoms with Crippen molar-refractivity contribution in [2.24, 2.45) is 0 Å². The summed E-state index contributed by atoms with van der Waals surface area (Å²) in [6, 6.07) is 12.4. The van der Waals surface area contributed by atoms with Crippen molar-refractivity contribution in [1.29, 1.82) is 0 Å². The summed E-state index contributed by atoms with van der Waals surface area (Å²) in [6.07, 6.45) is 3.68. The number of hydrogen-bond donors (Lipinski definition) is 2. The molecule has 8 heteroatoms. The zero-order valence-corrected chi connectivity index (χ0v) is 18.0. The van der Waals surface area contributed by atoms with Gasteiger partial charge in [-0.3, -0.25) is 4.79 Å². The first kappa shape index (κ1) is 23.3. The fourth-order valence-electron chi connectivity index (χ4n) is 2.46. The Morgan fingerprint density at radius 3 is 2.23 bits per heavy atom. The molecule has 0 radical (unpaired) electrons. The van der Waals surface area contributed by atoms with Gasteiger partial charge in [-0.2, -0.15) is 0 Å². The van der Waals surface area contributed by atoms with Crippen LogP contribution in [0.3, 0.4) is 0 Å². The van der Waals surface area contributed by atoms with E-state index in [2.05, 4.69) is 10.0 Å². The van der Waals surface area contributed by atoms with Crippen molar-refractivity contribution in [3.63, 3.8) is 0 Å². The molecule has 0 spiro atoms. The molecule has 30 heavy (non-hydrogen) atoms. The topological polar surface area (TPSA) is 102 Å². The standard InChI is InChI=1S/C22H26N2O5S/c1-4-15-29-22(26)18-8-10-19(11-9-18)23-21(25)14-7-17-5-12-20(13-6-17)30(27,28)24-16(2)3/h5-14,16,24H,4,15H2,1-3H3,(H,23,25)/b14-7+. The highest BCUT2D eigenvalue weighted by atomic mass is 32.2. The maximum absolute atomic E-state index is 12.1. The first-order chi connectivity index (χ1) is 14.2. The molecular formula is C22H26N2O5S. The van der Waals surface area contributed by atoms with Crippen LogP contribution in [-0.4, -0.2) is 32.9 Å². The van der Waals surface area contributed by atoms with Crippen LogP contribution in [0.1, 0.15) is 43.1 Å². The van der Waals surface area contributed by atoms with E-state index >= 15 is 0 Å². The molecule has 2 aromatic rings. The van der Waals surface area contributed by atoms with Crippen LogP contribution in [0.2, 0.25) is 0 Å². The molecule has 160 valence electrons. The number of sulfonamides is 1. The number of esters is 1. The number of ether oxygens (including phenoxy) is 1. The number of nitrogens with one attached hydrogen (secondary N) is 2. The van der Waals surface area contributed by atoms with Gasteiger partial charge in [-0.15, -0.1) is 0 Å². The van der Waals surface area contributed by atoms with E-state index in [1.807, 2.05) is 6.92 Å². The number of anilines is 1. The van der Waals surface area contributed by atoms with Gasteiger partial charge >= 0.3 is 5.97 Å². The van der Waals surface area contributed by atoms with E-state index in [4.69, 9.17) is 4.74 Å². The Morgan fingerprint density at radius 1 is 1.03 bits per heavy atom. The molecule has 2 N–H and O–H groups in total. The zero-order chi connectivity index (χ0) is 22.1. The summed E-state index contributed by atoms with van der Waals surface area (Å²) >= 11 is 0. The minimum atomic E-state index is -3.55. The first-order valence-electron chi connectivity index (χ1n) is 9.60. The number of benzene rings is 2. The predicted molar refractivity (Wildman–Crippen MR) is 117 cm³/mol. The minimum absolute atomic E-state index is 0.162. The lowest BCUT2D eigenvalue weighted by Crippen LogP contribution is -2.30. The van der Waals surface area contributed by atoms with E-state index in [0.717, 1.165) is 6.42 Å². The fourth-order valence-corrected chi connectivity index (χ4v) is 3.71. The molecule has 0 unspecified atom stereocenters. The average Bonchev–Trinajstić information content (AvgIpc) is 2.70. The van der Waals surface area contributed by atoms with Crippen molar-refractivity contribution >= 4 is 33.7 Å². The van der Waals surface area contributed by atoms with Crippen molar-refractivity contribution in [1.82, 2.24) is 4.72 Å². The molecule has 0 aliphatic carbocycles. The highest BCUT2D eigenvalue weighted by Crippen LogP contribution is 2.13. The van der Waals surface area contributed by atoms with E-state index in [1.165, 1.54) is 18.2 Å². The third kappa shape index (κ3) is 7.13. The van der Waals surface area contributed by atoms with Crippen LogP contribution in [0.15, 0.2) is 59.5 Å². The van der Waals surface area contributed by atoms with Gasteiger partial charge in [0.1, 0.15) is 0 Å². The van der Waals surface area contributed by atoms with Crippen molar-refractivity contribution < 1.29 is 22.7 Å². The van der Waals surface area contributed by atoms with Gasteiger partial charge in [-0.25, -0.2) is 17.9 Å². The maximum Gasteiger partial charge on any atom is 0.338 e. The number of rotatable bonds is 9. The van der Waals surface area contributed by atoms with Crippen LogP contribution < -0.4 is 10.0 Å². The summed E-state index contributed by atoms with van der Waals surface area (Å²) in [5.74, 6) is -0.752. The fraction of sp³-hybridized carbons (Fsp3) is 0.273. The second-order valence-corrected chi connectivity index (χ2v) is 8.59. The number of amides is 1. The van der Waals surface area contributed by atoms with Crippen molar-refractivity contribution in [3.05, 3.63) is 65.7 Å². The maximum atomic E-state index is 12.1. The largest absolute Gasteiger partial charge is 0.462 e. The van der Waals surface area contributed by atoms with Gasteiger partial charge in [0.15, 0.2) is 0 Å². The lowest BCUT2D eigenvalue weighted by atomic mass is 10.2. The molecule has 7 nitrogen and oxygen atoms in total. The smallest absolute Gasteiger partial charge is 0.338 e. The molecule has 2 aromatic carbocycles. The van der Waals surface area contributed by atoms with Crippen molar-refractivity contribution in [2.75, 3.05) is 11.9 Å². The van der Waals surface area contributed by atoms with Crippen LogP contribution in [0, 0.1) is 0 Å². The summed E-state index contributed by atoms with van der Waals surface area (Å²) < 4.78 is 31.8. The van der Waals surface area contributed by atoms with Gasteiger partial charge in [-0.05, 0) is 68.3 Å². The zero-order valence-electron chi connectivity index (χ0n) is 17.2. The number of carbonyl (C=O) groups is 2. The van der Waals surface area contributed by atoms with E-state index < -0.39 is 16.0 Å². The van der Waals surface area contributed by atoms with Gasteiger partial charge in [0.25, 0.3) is 0 Å².